The van der Waals surface area contributed by atoms with Gasteiger partial charge in [-0.3, -0.25) is 9.69 Å². The number of aromatic nitrogens is 3. The minimum absolute atomic E-state index is 0.0748. The van der Waals surface area contributed by atoms with Crippen LogP contribution in [0.25, 0.3) is 32.7 Å². The average molecular weight is 507 g/mol. The Labute approximate surface area is 211 Å². The Kier molecular flexibility index (Phi) is 6.87. The number of nitrogens with zero attached hydrogens (tertiary/aromatic N) is 4. The van der Waals surface area contributed by atoms with Gasteiger partial charge in [0.15, 0.2) is 0 Å². The lowest BCUT2D eigenvalue weighted by atomic mass is 10.2. The Balaban J connectivity index is 1.51. The molecule has 0 radical (unpaired) electrons. The number of fused-ring (bicyclic) bond motifs is 1. The van der Waals surface area contributed by atoms with E-state index >= 15 is 0 Å². The van der Waals surface area contributed by atoms with Crippen molar-refractivity contribution in [3.8, 4) is 16.4 Å². The maximum Gasteiger partial charge on any atom is 0.266 e. The summed E-state index contributed by atoms with van der Waals surface area (Å²) in [5.41, 5.74) is 3.45. The average Bonchev–Trinajstić information content (AvgIpc) is 3.54. The fraction of sp³-hybridized carbons (Fsp3) is 0.200. The Bertz CT molecular complexity index is 1340. The molecule has 2 aromatic carbocycles. The van der Waals surface area contributed by atoms with E-state index in [4.69, 9.17) is 27.0 Å². The Morgan fingerprint density at radius 2 is 1.91 bits per heavy atom. The zero-order valence-corrected chi connectivity index (χ0v) is 21.0. The predicted molar refractivity (Wildman–Crippen MR) is 143 cm³/mol. The number of hydrogen-bond acceptors (Lipinski definition) is 7. The fourth-order valence-electron chi connectivity index (χ4n) is 3.65. The molecule has 4 aromatic rings. The number of carbonyl (C=O) groups excluding carboxylic acids is 1. The van der Waals surface area contributed by atoms with E-state index in [2.05, 4.69) is 6.07 Å². The Morgan fingerprint density at radius 1 is 1.12 bits per heavy atom. The van der Waals surface area contributed by atoms with Crippen molar-refractivity contribution >= 4 is 61.8 Å². The maximum absolute atomic E-state index is 13.1. The largest absolute Gasteiger partial charge is 0.382 e. The smallest absolute Gasteiger partial charge is 0.266 e. The van der Waals surface area contributed by atoms with Gasteiger partial charge >= 0.3 is 0 Å². The van der Waals surface area contributed by atoms with E-state index in [1.54, 1.807) is 16.2 Å². The number of hydrogen-bond donors (Lipinski definition) is 0. The summed E-state index contributed by atoms with van der Waals surface area (Å²) in [5.74, 6) is -0.0748. The van der Waals surface area contributed by atoms with Gasteiger partial charge in [0.05, 0.1) is 20.8 Å². The number of para-hydroxylation sites is 2. The van der Waals surface area contributed by atoms with Gasteiger partial charge in [0.2, 0.25) is 0 Å². The lowest BCUT2D eigenvalue weighted by Gasteiger charge is -2.13. The SMILES string of the molecule is CCOCCCN1C(=O)/C(=C/c2cn(-c3ccccc3)nc2-c2nc3ccccc3s2)SC1=S. The van der Waals surface area contributed by atoms with Crippen LogP contribution in [-0.2, 0) is 9.53 Å². The molecule has 172 valence electrons. The quantitative estimate of drug-likeness (QED) is 0.172. The molecule has 0 aliphatic carbocycles. The van der Waals surface area contributed by atoms with Crippen molar-refractivity contribution in [1.29, 1.82) is 0 Å². The molecule has 1 fully saturated rings. The number of rotatable bonds is 8. The van der Waals surface area contributed by atoms with Crippen LogP contribution in [-0.4, -0.2) is 49.7 Å². The highest BCUT2D eigenvalue weighted by Gasteiger charge is 2.32. The second-order valence-electron chi connectivity index (χ2n) is 7.58. The second-order valence-corrected chi connectivity index (χ2v) is 10.3. The van der Waals surface area contributed by atoms with Gasteiger partial charge in [-0.1, -0.05) is 54.3 Å². The summed E-state index contributed by atoms with van der Waals surface area (Å²) in [6.45, 7) is 3.79. The molecule has 9 heteroatoms. The number of amides is 1. The van der Waals surface area contributed by atoms with Crippen LogP contribution in [0.5, 0.6) is 0 Å². The molecule has 1 aliphatic rings. The molecule has 3 heterocycles. The topological polar surface area (TPSA) is 60.2 Å². The third-order valence-corrected chi connectivity index (χ3v) is 7.72. The van der Waals surface area contributed by atoms with Crippen molar-refractivity contribution in [2.24, 2.45) is 0 Å². The normalized spacial score (nSPS) is 15.2. The molecule has 34 heavy (non-hydrogen) atoms. The van der Waals surface area contributed by atoms with Crippen molar-refractivity contribution in [1.82, 2.24) is 19.7 Å². The van der Waals surface area contributed by atoms with Gasteiger partial charge in [-0.2, -0.15) is 5.10 Å². The fourth-order valence-corrected chi connectivity index (χ4v) is 5.92. The van der Waals surface area contributed by atoms with Crippen LogP contribution >= 0.6 is 35.3 Å². The van der Waals surface area contributed by atoms with Gasteiger partial charge in [0, 0.05) is 31.5 Å². The molecule has 2 aromatic heterocycles. The Morgan fingerprint density at radius 3 is 2.71 bits per heavy atom. The van der Waals surface area contributed by atoms with Crippen LogP contribution in [0.2, 0.25) is 0 Å². The lowest BCUT2D eigenvalue weighted by Crippen LogP contribution is -2.29. The van der Waals surface area contributed by atoms with Crippen LogP contribution in [0.3, 0.4) is 0 Å². The summed E-state index contributed by atoms with van der Waals surface area (Å²) in [5, 5.41) is 5.67. The van der Waals surface area contributed by atoms with Gasteiger partial charge < -0.3 is 4.74 Å². The first kappa shape index (κ1) is 22.9. The maximum atomic E-state index is 13.1. The highest BCUT2D eigenvalue weighted by atomic mass is 32.2. The zero-order chi connectivity index (χ0) is 23.5. The standard InChI is InChI=1S/C25H22N4O2S3/c1-2-31-14-8-13-28-24(30)21(34-25(28)32)15-17-16-29(18-9-4-3-5-10-18)27-22(17)23-26-19-11-6-7-12-20(19)33-23/h3-7,9-12,15-16H,2,8,13-14H2,1H3/b21-15-. The molecule has 0 spiro atoms. The third-order valence-electron chi connectivity index (χ3n) is 5.29. The summed E-state index contributed by atoms with van der Waals surface area (Å²) in [6.07, 6.45) is 4.57. The number of thiazole rings is 1. The number of carbonyl (C=O) groups is 1. The number of benzene rings is 2. The summed E-state index contributed by atoms with van der Waals surface area (Å²) in [6, 6.07) is 17.9. The summed E-state index contributed by atoms with van der Waals surface area (Å²) < 4.78 is 8.90. The van der Waals surface area contributed by atoms with Gasteiger partial charge in [-0.05, 0) is 43.7 Å². The minimum Gasteiger partial charge on any atom is -0.382 e. The highest BCUT2D eigenvalue weighted by Crippen LogP contribution is 2.36. The van der Waals surface area contributed by atoms with E-state index in [0.29, 0.717) is 29.0 Å². The molecule has 0 unspecified atom stereocenters. The number of ether oxygens (including phenoxy) is 1. The van der Waals surface area contributed by atoms with Crippen LogP contribution in [0.4, 0.5) is 0 Å². The van der Waals surface area contributed by atoms with Crippen LogP contribution < -0.4 is 0 Å². The number of thioether (sulfide) groups is 1. The number of thiocarbonyl (C=S) groups is 1. The molecular formula is C25H22N4O2S3. The van der Waals surface area contributed by atoms with E-state index < -0.39 is 0 Å². The lowest BCUT2D eigenvalue weighted by molar-refractivity contribution is -0.122. The summed E-state index contributed by atoms with van der Waals surface area (Å²) in [4.78, 5) is 20.2. The second kappa shape index (κ2) is 10.2. The molecule has 1 aliphatic heterocycles. The molecule has 0 bridgehead atoms. The summed E-state index contributed by atoms with van der Waals surface area (Å²) >= 11 is 8.41. The molecule has 0 saturated carbocycles. The molecule has 5 rings (SSSR count). The molecule has 0 N–H and O–H groups in total. The van der Waals surface area contributed by atoms with Crippen LogP contribution in [0.15, 0.2) is 65.7 Å². The van der Waals surface area contributed by atoms with Crippen molar-refractivity contribution in [3.05, 3.63) is 71.3 Å². The van der Waals surface area contributed by atoms with Crippen molar-refractivity contribution in [2.75, 3.05) is 19.8 Å². The molecule has 0 atom stereocenters. The first-order valence-electron chi connectivity index (χ1n) is 11.0. The van der Waals surface area contributed by atoms with Crippen LogP contribution in [0, 0.1) is 0 Å². The van der Waals surface area contributed by atoms with Crippen molar-refractivity contribution in [2.45, 2.75) is 13.3 Å². The first-order valence-corrected chi connectivity index (χ1v) is 13.0. The van der Waals surface area contributed by atoms with Gasteiger partial charge in [-0.25, -0.2) is 9.67 Å². The summed E-state index contributed by atoms with van der Waals surface area (Å²) in [7, 11) is 0. The van der Waals surface area contributed by atoms with Crippen molar-refractivity contribution in [3.63, 3.8) is 0 Å². The van der Waals surface area contributed by atoms with Gasteiger partial charge in [-0.15, -0.1) is 11.3 Å². The van der Waals surface area contributed by atoms with E-state index in [1.807, 2.05) is 72.4 Å². The van der Waals surface area contributed by atoms with E-state index in [9.17, 15) is 4.79 Å². The Hall–Kier alpha value is -2.85. The van der Waals surface area contributed by atoms with Gasteiger partial charge in [0.1, 0.15) is 15.0 Å². The zero-order valence-electron chi connectivity index (χ0n) is 18.5. The molecule has 6 nitrogen and oxygen atoms in total. The highest BCUT2D eigenvalue weighted by molar-refractivity contribution is 8.26. The van der Waals surface area contributed by atoms with Gasteiger partial charge in [0.25, 0.3) is 5.91 Å². The van der Waals surface area contributed by atoms with E-state index in [0.717, 1.165) is 38.6 Å². The minimum atomic E-state index is -0.0748. The third kappa shape index (κ3) is 4.69. The van der Waals surface area contributed by atoms with Crippen molar-refractivity contribution < 1.29 is 9.53 Å². The first-order chi connectivity index (χ1) is 16.6. The molecular weight excluding hydrogens is 485 g/mol. The molecule has 1 saturated heterocycles. The van der Waals surface area contributed by atoms with E-state index in [-0.39, 0.29) is 5.91 Å². The molecule has 1 amide bonds. The van der Waals surface area contributed by atoms with E-state index in [1.165, 1.54) is 11.8 Å². The monoisotopic (exact) mass is 506 g/mol. The predicted octanol–water partition coefficient (Wildman–Crippen LogP) is 5.78. The van der Waals surface area contributed by atoms with Crippen LogP contribution in [0.1, 0.15) is 18.9 Å².